The Morgan fingerprint density at radius 2 is 2.08 bits per heavy atom. The monoisotopic (exact) mass is 237 g/mol. The van der Waals surface area contributed by atoms with Gasteiger partial charge >= 0.3 is 0 Å². The maximum Gasteiger partial charge on any atom is 0.0175 e. The summed E-state index contributed by atoms with van der Waals surface area (Å²) in [6, 6.07) is 8.82. The molecule has 1 N–H and O–H groups in total. The Labute approximate surface area is 86.7 Å². The van der Waals surface area contributed by atoms with E-state index in [-0.39, 0.29) is 0 Å². The molecule has 1 aliphatic heterocycles. The van der Waals surface area contributed by atoms with Crippen LogP contribution in [0.1, 0.15) is 12.0 Å². The van der Waals surface area contributed by atoms with Gasteiger partial charge in [-0.1, -0.05) is 28.1 Å². The highest BCUT2D eigenvalue weighted by molar-refractivity contribution is 9.10. The van der Waals surface area contributed by atoms with Crippen LogP contribution in [0.3, 0.4) is 0 Å². The molecule has 68 valence electrons. The first-order chi connectivity index (χ1) is 6.31. The summed E-state index contributed by atoms with van der Waals surface area (Å²) in [5.41, 5.74) is 2.03. The summed E-state index contributed by atoms with van der Waals surface area (Å²) in [6.07, 6.45) is 1.39. The second-order valence-corrected chi connectivity index (χ2v) is 5.11. The van der Waals surface area contributed by atoms with Gasteiger partial charge in [0.2, 0.25) is 0 Å². The molecule has 0 amide bonds. The summed E-state index contributed by atoms with van der Waals surface area (Å²) < 4.78 is 1.18. The van der Waals surface area contributed by atoms with Crippen LogP contribution in [0, 0.1) is 5.92 Å². The average Bonchev–Trinajstić information content (AvgIpc) is 2.71. The standard InChI is InChI=1S/C11H12BrN/c12-10-3-1-8(2-4-10)11-5-9(11)6-13-7-11/h1-4,9,13H,5-7H2/t9?,11-/m0/s1. The van der Waals surface area contributed by atoms with Crippen LogP contribution in [0.15, 0.2) is 28.7 Å². The number of benzene rings is 1. The summed E-state index contributed by atoms with van der Waals surface area (Å²) in [4.78, 5) is 0. The van der Waals surface area contributed by atoms with Crippen molar-refractivity contribution in [2.75, 3.05) is 13.1 Å². The first-order valence-electron chi connectivity index (χ1n) is 4.78. The molecule has 1 aliphatic carbocycles. The molecule has 0 aromatic heterocycles. The van der Waals surface area contributed by atoms with Crippen molar-refractivity contribution in [3.63, 3.8) is 0 Å². The molecule has 1 nitrogen and oxygen atoms in total. The molecule has 1 heterocycles. The van der Waals surface area contributed by atoms with Gasteiger partial charge in [-0.25, -0.2) is 0 Å². The Balaban J connectivity index is 1.97. The molecular weight excluding hydrogens is 226 g/mol. The topological polar surface area (TPSA) is 12.0 Å². The van der Waals surface area contributed by atoms with E-state index in [0.29, 0.717) is 5.41 Å². The maximum absolute atomic E-state index is 3.47. The summed E-state index contributed by atoms with van der Waals surface area (Å²) in [5, 5.41) is 3.46. The summed E-state index contributed by atoms with van der Waals surface area (Å²) in [6.45, 7) is 2.40. The lowest BCUT2D eigenvalue weighted by molar-refractivity contribution is 0.675. The number of nitrogens with one attached hydrogen (secondary N) is 1. The van der Waals surface area contributed by atoms with Crippen LogP contribution in [-0.4, -0.2) is 13.1 Å². The van der Waals surface area contributed by atoms with Crippen LogP contribution in [0.5, 0.6) is 0 Å². The highest BCUT2D eigenvalue weighted by atomic mass is 79.9. The van der Waals surface area contributed by atoms with Crippen LogP contribution >= 0.6 is 15.9 Å². The first-order valence-corrected chi connectivity index (χ1v) is 5.57. The molecule has 2 fully saturated rings. The number of hydrogen-bond acceptors (Lipinski definition) is 1. The molecule has 0 spiro atoms. The van der Waals surface area contributed by atoms with Gasteiger partial charge in [-0.15, -0.1) is 0 Å². The predicted molar refractivity (Wildman–Crippen MR) is 56.8 cm³/mol. The van der Waals surface area contributed by atoms with E-state index in [0.717, 1.165) is 5.92 Å². The lowest BCUT2D eigenvalue weighted by Crippen LogP contribution is -2.18. The number of hydrogen-bond donors (Lipinski definition) is 1. The maximum atomic E-state index is 3.47. The minimum atomic E-state index is 0.515. The highest BCUT2D eigenvalue weighted by Gasteiger charge is 2.57. The molecule has 2 heteroatoms. The van der Waals surface area contributed by atoms with Crippen LogP contribution in [0.4, 0.5) is 0 Å². The first kappa shape index (κ1) is 8.01. The smallest absolute Gasteiger partial charge is 0.0175 e. The summed E-state index contributed by atoms with van der Waals surface area (Å²) in [5.74, 6) is 0.911. The molecule has 1 saturated heterocycles. The van der Waals surface area contributed by atoms with Crippen LogP contribution < -0.4 is 5.32 Å². The summed E-state index contributed by atoms with van der Waals surface area (Å²) >= 11 is 3.47. The fourth-order valence-electron chi connectivity index (χ4n) is 2.57. The molecule has 1 saturated carbocycles. The van der Waals surface area contributed by atoms with Gasteiger partial charge in [-0.2, -0.15) is 0 Å². The number of halogens is 1. The molecule has 2 atom stereocenters. The number of fused-ring (bicyclic) bond motifs is 1. The number of piperidine rings is 1. The lowest BCUT2D eigenvalue weighted by atomic mass is 9.95. The van der Waals surface area contributed by atoms with E-state index >= 15 is 0 Å². The Morgan fingerprint density at radius 3 is 2.62 bits per heavy atom. The minimum absolute atomic E-state index is 0.515. The normalized spacial score (nSPS) is 35.9. The van der Waals surface area contributed by atoms with Crippen LogP contribution in [0.2, 0.25) is 0 Å². The van der Waals surface area contributed by atoms with E-state index < -0.39 is 0 Å². The Hall–Kier alpha value is -0.340. The molecule has 1 aromatic carbocycles. The zero-order valence-corrected chi connectivity index (χ0v) is 8.97. The van der Waals surface area contributed by atoms with Gasteiger partial charge in [0, 0.05) is 16.4 Å². The van der Waals surface area contributed by atoms with Crippen LogP contribution in [-0.2, 0) is 5.41 Å². The third-order valence-corrected chi connectivity index (χ3v) is 4.01. The van der Waals surface area contributed by atoms with Gasteiger partial charge in [-0.05, 0) is 36.6 Å². The van der Waals surface area contributed by atoms with E-state index in [2.05, 4.69) is 45.5 Å². The van der Waals surface area contributed by atoms with E-state index in [1.807, 2.05) is 0 Å². The fourth-order valence-corrected chi connectivity index (χ4v) is 2.84. The van der Waals surface area contributed by atoms with Crippen molar-refractivity contribution >= 4 is 15.9 Å². The van der Waals surface area contributed by atoms with Crippen LogP contribution in [0.25, 0.3) is 0 Å². The van der Waals surface area contributed by atoms with Gasteiger partial charge in [-0.3, -0.25) is 0 Å². The van der Waals surface area contributed by atoms with Gasteiger partial charge in [0.25, 0.3) is 0 Å². The van der Waals surface area contributed by atoms with Gasteiger partial charge in [0.1, 0.15) is 0 Å². The number of rotatable bonds is 1. The average molecular weight is 238 g/mol. The van der Waals surface area contributed by atoms with Crippen molar-refractivity contribution in [2.45, 2.75) is 11.8 Å². The quantitative estimate of drug-likeness (QED) is 0.791. The zero-order valence-electron chi connectivity index (χ0n) is 7.39. The Morgan fingerprint density at radius 1 is 1.31 bits per heavy atom. The molecular formula is C11H12BrN. The predicted octanol–water partition coefficient (Wildman–Crippen LogP) is 2.31. The van der Waals surface area contributed by atoms with Crippen molar-refractivity contribution in [3.05, 3.63) is 34.3 Å². The van der Waals surface area contributed by atoms with E-state index in [9.17, 15) is 0 Å². The van der Waals surface area contributed by atoms with Crippen molar-refractivity contribution in [1.82, 2.24) is 5.32 Å². The lowest BCUT2D eigenvalue weighted by Gasteiger charge is -2.11. The molecule has 13 heavy (non-hydrogen) atoms. The molecule has 2 aliphatic rings. The third-order valence-electron chi connectivity index (χ3n) is 3.48. The second-order valence-electron chi connectivity index (χ2n) is 4.19. The highest BCUT2D eigenvalue weighted by Crippen LogP contribution is 2.56. The third kappa shape index (κ3) is 1.09. The largest absolute Gasteiger partial charge is 0.316 e. The molecule has 1 aromatic rings. The van der Waals surface area contributed by atoms with Crippen molar-refractivity contribution < 1.29 is 0 Å². The van der Waals surface area contributed by atoms with E-state index in [1.54, 1.807) is 0 Å². The fraction of sp³-hybridized carbons (Fsp3) is 0.455. The zero-order chi connectivity index (χ0) is 8.89. The SMILES string of the molecule is Brc1ccc([C@]23CNCC2C3)cc1. The minimum Gasteiger partial charge on any atom is -0.316 e. The van der Waals surface area contributed by atoms with Gasteiger partial charge in [0.15, 0.2) is 0 Å². The van der Waals surface area contributed by atoms with Crippen molar-refractivity contribution in [1.29, 1.82) is 0 Å². The molecule has 0 bridgehead atoms. The van der Waals surface area contributed by atoms with Gasteiger partial charge < -0.3 is 5.32 Å². The Kier molecular flexibility index (Phi) is 1.59. The summed E-state index contributed by atoms with van der Waals surface area (Å²) in [7, 11) is 0. The second kappa shape index (κ2) is 2.58. The van der Waals surface area contributed by atoms with Gasteiger partial charge in [0.05, 0.1) is 0 Å². The van der Waals surface area contributed by atoms with E-state index in [1.165, 1.54) is 29.5 Å². The van der Waals surface area contributed by atoms with E-state index in [4.69, 9.17) is 0 Å². The Bertz CT molecular complexity index is 332. The molecule has 0 radical (unpaired) electrons. The van der Waals surface area contributed by atoms with Crippen molar-refractivity contribution in [3.8, 4) is 0 Å². The molecule has 3 rings (SSSR count). The van der Waals surface area contributed by atoms with Crippen molar-refractivity contribution in [2.24, 2.45) is 5.92 Å². The molecule has 1 unspecified atom stereocenters.